The molecular formula is C29H27ClF3N5O6S. The summed E-state index contributed by atoms with van der Waals surface area (Å²) in [7, 11) is -1.47. The highest BCUT2D eigenvalue weighted by Gasteiger charge is 2.28. The van der Waals surface area contributed by atoms with E-state index in [1.54, 1.807) is 42.5 Å². The summed E-state index contributed by atoms with van der Waals surface area (Å²) in [5.74, 6) is -1.21. The molecule has 16 heteroatoms. The predicted octanol–water partition coefficient (Wildman–Crippen LogP) is 4.74. The Kier molecular flexibility index (Phi) is 10.7. The number of nitrogens with zero attached hydrogens (tertiary/aromatic N) is 2. The summed E-state index contributed by atoms with van der Waals surface area (Å²) in [4.78, 5) is 24.2. The van der Waals surface area contributed by atoms with E-state index >= 15 is 0 Å². The normalized spacial score (nSPS) is 12.1. The van der Waals surface area contributed by atoms with E-state index in [-0.39, 0.29) is 34.9 Å². The van der Waals surface area contributed by atoms with Crippen LogP contribution in [0.5, 0.6) is 11.5 Å². The quantitative estimate of drug-likeness (QED) is 0.187. The maximum atomic E-state index is 13.7. The molecule has 0 spiro atoms. The summed E-state index contributed by atoms with van der Waals surface area (Å²) in [5.41, 5.74) is 0.955. The molecular weight excluding hydrogens is 639 g/mol. The van der Waals surface area contributed by atoms with Crippen LogP contribution >= 0.6 is 11.6 Å². The first-order valence-electron chi connectivity index (χ1n) is 13.1. The van der Waals surface area contributed by atoms with Crippen LogP contribution in [0.15, 0.2) is 78.0 Å². The van der Waals surface area contributed by atoms with E-state index < -0.39 is 34.4 Å². The number of methoxy groups -OCH3 is 2. The molecule has 0 saturated heterocycles. The lowest BCUT2D eigenvalue weighted by atomic mass is 10.1. The largest absolute Gasteiger partial charge is 0.497 e. The number of rotatable bonds is 13. The van der Waals surface area contributed by atoms with Crippen molar-refractivity contribution in [1.29, 1.82) is 0 Å². The molecule has 3 N–H and O–H groups in total. The van der Waals surface area contributed by atoms with Crippen molar-refractivity contribution in [3.05, 3.63) is 89.2 Å². The lowest BCUT2D eigenvalue weighted by Crippen LogP contribution is -2.29. The molecule has 0 aliphatic heterocycles. The topological polar surface area (TPSA) is 141 Å². The number of aromatic nitrogens is 2. The molecule has 11 nitrogen and oxygen atoms in total. The van der Waals surface area contributed by atoms with E-state index in [4.69, 9.17) is 21.1 Å². The molecule has 1 heterocycles. The van der Waals surface area contributed by atoms with Crippen LogP contribution in [0.4, 0.5) is 24.5 Å². The van der Waals surface area contributed by atoms with Gasteiger partial charge in [-0.1, -0.05) is 35.9 Å². The fourth-order valence-corrected chi connectivity index (χ4v) is 5.53. The minimum Gasteiger partial charge on any atom is -0.497 e. The first-order valence-corrected chi connectivity index (χ1v) is 14.9. The van der Waals surface area contributed by atoms with Gasteiger partial charge in [-0.25, -0.2) is 31.0 Å². The lowest BCUT2D eigenvalue weighted by Gasteiger charge is -2.15. The van der Waals surface area contributed by atoms with E-state index in [0.717, 1.165) is 17.1 Å². The maximum Gasteiger partial charge on any atom is 0.278 e. The van der Waals surface area contributed by atoms with E-state index in [0.29, 0.717) is 27.6 Å². The molecule has 3 aromatic carbocycles. The zero-order valence-electron chi connectivity index (χ0n) is 23.8. The number of carbonyl (C=O) groups excluding carboxylic acids is 2. The van der Waals surface area contributed by atoms with Crippen LogP contribution in [-0.4, -0.2) is 56.8 Å². The van der Waals surface area contributed by atoms with Crippen molar-refractivity contribution in [2.45, 2.75) is 30.5 Å². The van der Waals surface area contributed by atoms with Crippen molar-refractivity contribution in [2.75, 3.05) is 24.9 Å². The SMILES string of the molecule is COc1ccc(CNS(=O)(=O)c2cc(NC(=O)Cc3ccccc3Cl)ccc2-n2cc(NC(=O)C(F)C(F)F)cn2)c(OC)c1. The van der Waals surface area contributed by atoms with Crippen molar-refractivity contribution < 1.29 is 40.7 Å². The van der Waals surface area contributed by atoms with E-state index in [1.807, 2.05) is 5.32 Å². The second-order valence-corrected chi connectivity index (χ2v) is 11.5. The van der Waals surface area contributed by atoms with Crippen LogP contribution in [-0.2, 0) is 32.6 Å². The Balaban J connectivity index is 1.66. The number of hydrogen-bond donors (Lipinski definition) is 3. The summed E-state index contributed by atoms with van der Waals surface area (Å²) in [5, 5.41) is 9.01. The fourth-order valence-electron chi connectivity index (χ4n) is 4.11. The minimum atomic E-state index is -4.36. The smallest absolute Gasteiger partial charge is 0.278 e. The first-order chi connectivity index (χ1) is 21.4. The number of halogens is 4. The number of alkyl halides is 3. The average Bonchev–Trinajstić information content (AvgIpc) is 3.48. The molecule has 1 atom stereocenters. The van der Waals surface area contributed by atoms with Gasteiger partial charge in [0, 0.05) is 28.9 Å². The molecule has 0 fully saturated rings. The summed E-state index contributed by atoms with van der Waals surface area (Å²) < 4.78 is 80.1. The van der Waals surface area contributed by atoms with Crippen molar-refractivity contribution in [1.82, 2.24) is 14.5 Å². The number of carbonyl (C=O) groups is 2. The minimum absolute atomic E-state index is 0.0422. The maximum absolute atomic E-state index is 13.7. The molecule has 1 aromatic heterocycles. The Hall–Kier alpha value is -4.60. The van der Waals surface area contributed by atoms with Gasteiger partial charge in [-0.3, -0.25) is 9.59 Å². The molecule has 238 valence electrons. The Morgan fingerprint density at radius 2 is 1.71 bits per heavy atom. The van der Waals surface area contributed by atoms with Crippen LogP contribution in [0, 0.1) is 0 Å². The van der Waals surface area contributed by atoms with E-state index in [9.17, 15) is 31.2 Å². The highest BCUT2D eigenvalue weighted by Crippen LogP contribution is 2.28. The van der Waals surface area contributed by atoms with Gasteiger partial charge < -0.3 is 20.1 Å². The molecule has 0 bridgehead atoms. The van der Waals surface area contributed by atoms with Gasteiger partial charge in [0.15, 0.2) is 0 Å². The van der Waals surface area contributed by atoms with Gasteiger partial charge in [-0.05, 0) is 35.9 Å². The van der Waals surface area contributed by atoms with Gasteiger partial charge in [0.05, 0.1) is 44.4 Å². The van der Waals surface area contributed by atoms with Crippen LogP contribution in [0.1, 0.15) is 11.1 Å². The highest BCUT2D eigenvalue weighted by atomic mass is 35.5. The van der Waals surface area contributed by atoms with Crippen LogP contribution < -0.4 is 24.8 Å². The number of anilines is 2. The standard InChI is InChI=1S/C29H27ClF3N5O6S/c1-43-21-9-7-18(24(13-21)44-2)14-35-45(41,42)25-12-19(36-26(39)11-17-5-3-4-6-22(17)30)8-10-23(25)38-16-20(15-34-38)37-29(40)27(31)28(32)33/h3-10,12-13,15-16,27-28,35H,11,14H2,1-2H3,(H,36,39)(H,37,40). The third-order valence-electron chi connectivity index (χ3n) is 6.36. The number of ether oxygens (including phenoxy) is 2. The van der Waals surface area contributed by atoms with Gasteiger partial charge >= 0.3 is 0 Å². The van der Waals surface area contributed by atoms with E-state index in [1.165, 1.54) is 32.4 Å². The Morgan fingerprint density at radius 3 is 2.40 bits per heavy atom. The summed E-state index contributed by atoms with van der Waals surface area (Å²) in [6.07, 6.45) is -4.55. The van der Waals surface area contributed by atoms with Crippen LogP contribution in [0.3, 0.4) is 0 Å². The summed E-state index contributed by atoms with van der Waals surface area (Å²) in [6, 6.07) is 15.5. The number of hydrogen-bond acceptors (Lipinski definition) is 7. The molecule has 4 rings (SSSR count). The molecule has 45 heavy (non-hydrogen) atoms. The van der Waals surface area contributed by atoms with Crippen LogP contribution in [0.2, 0.25) is 5.02 Å². The van der Waals surface area contributed by atoms with Gasteiger partial charge in [0.1, 0.15) is 16.4 Å². The fraction of sp³-hybridized carbons (Fsp3) is 0.207. The molecule has 0 aliphatic carbocycles. The van der Waals surface area contributed by atoms with Crippen molar-refractivity contribution in [3.63, 3.8) is 0 Å². The molecule has 4 aromatic rings. The molecule has 1 unspecified atom stereocenters. The Bertz CT molecular complexity index is 1800. The first kappa shape index (κ1) is 33.3. The highest BCUT2D eigenvalue weighted by molar-refractivity contribution is 7.89. The van der Waals surface area contributed by atoms with Gasteiger partial charge in [-0.15, -0.1) is 0 Å². The zero-order valence-corrected chi connectivity index (χ0v) is 25.3. The Labute approximate surface area is 261 Å². The third-order valence-corrected chi connectivity index (χ3v) is 8.16. The van der Waals surface area contributed by atoms with Gasteiger partial charge in [-0.2, -0.15) is 5.10 Å². The second-order valence-electron chi connectivity index (χ2n) is 9.40. The second kappa shape index (κ2) is 14.5. The summed E-state index contributed by atoms with van der Waals surface area (Å²) in [6.45, 7) is -0.204. The Morgan fingerprint density at radius 1 is 0.956 bits per heavy atom. The number of benzene rings is 3. The molecule has 0 radical (unpaired) electrons. The molecule has 2 amide bonds. The van der Waals surface area contributed by atoms with Gasteiger partial charge in [0.2, 0.25) is 22.1 Å². The van der Waals surface area contributed by atoms with E-state index in [2.05, 4.69) is 15.1 Å². The van der Waals surface area contributed by atoms with Crippen molar-refractivity contribution in [3.8, 4) is 17.2 Å². The van der Waals surface area contributed by atoms with Crippen LogP contribution in [0.25, 0.3) is 5.69 Å². The monoisotopic (exact) mass is 665 g/mol. The molecule has 0 saturated carbocycles. The third kappa shape index (κ3) is 8.32. The molecule has 0 aliphatic rings. The van der Waals surface area contributed by atoms with Crippen molar-refractivity contribution in [2.24, 2.45) is 0 Å². The number of sulfonamides is 1. The average molecular weight is 666 g/mol. The number of nitrogens with one attached hydrogen (secondary N) is 3. The number of amides is 2. The predicted molar refractivity (Wildman–Crippen MR) is 160 cm³/mol. The lowest BCUT2D eigenvalue weighted by molar-refractivity contribution is -0.126. The summed E-state index contributed by atoms with van der Waals surface area (Å²) >= 11 is 6.16. The van der Waals surface area contributed by atoms with Gasteiger partial charge in [0.25, 0.3) is 12.3 Å². The van der Waals surface area contributed by atoms with Crippen molar-refractivity contribution >= 4 is 44.8 Å². The zero-order chi connectivity index (χ0) is 32.7.